The SMILES string of the molecule is CCC(N)N.O=P(O)(O)CCCCP(=O)(O)O. The van der Waals surface area contributed by atoms with Gasteiger partial charge in [0.15, 0.2) is 0 Å². The highest BCUT2D eigenvalue weighted by molar-refractivity contribution is 7.52. The molecule has 0 aromatic heterocycles. The van der Waals surface area contributed by atoms with Crippen molar-refractivity contribution in [3.63, 3.8) is 0 Å². The lowest BCUT2D eigenvalue weighted by Gasteiger charge is -2.04. The van der Waals surface area contributed by atoms with Gasteiger partial charge in [0, 0.05) is 12.3 Å². The van der Waals surface area contributed by atoms with Gasteiger partial charge in [0.2, 0.25) is 0 Å². The van der Waals surface area contributed by atoms with Crippen LogP contribution in [0, 0.1) is 0 Å². The van der Waals surface area contributed by atoms with Crippen LogP contribution < -0.4 is 11.5 Å². The summed E-state index contributed by atoms with van der Waals surface area (Å²) in [4.78, 5) is 33.5. The first-order valence-corrected chi connectivity index (χ1v) is 8.67. The summed E-state index contributed by atoms with van der Waals surface area (Å²) in [5, 5.41) is 0. The van der Waals surface area contributed by atoms with Gasteiger partial charge < -0.3 is 31.0 Å². The normalized spacial score (nSPS) is 12.2. The Kier molecular flexibility index (Phi) is 10.6. The Labute approximate surface area is 101 Å². The highest BCUT2D eigenvalue weighted by atomic mass is 31.2. The number of hydrogen-bond donors (Lipinski definition) is 6. The number of hydrogen-bond acceptors (Lipinski definition) is 4. The lowest BCUT2D eigenvalue weighted by atomic mass is 10.4. The van der Waals surface area contributed by atoms with Crippen LogP contribution in [0.5, 0.6) is 0 Å². The van der Waals surface area contributed by atoms with E-state index in [4.69, 9.17) is 31.0 Å². The van der Waals surface area contributed by atoms with Gasteiger partial charge in [-0.3, -0.25) is 9.13 Å². The summed E-state index contributed by atoms with van der Waals surface area (Å²) in [6.45, 7) is 1.95. The molecule has 0 fully saturated rings. The summed E-state index contributed by atoms with van der Waals surface area (Å²) in [6.07, 6.45) is 0.389. The van der Waals surface area contributed by atoms with Gasteiger partial charge in [-0.15, -0.1) is 0 Å². The van der Waals surface area contributed by atoms with E-state index in [1.54, 1.807) is 0 Å². The van der Waals surface area contributed by atoms with Crippen molar-refractivity contribution in [3.8, 4) is 0 Å². The average molecular weight is 292 g/mol. The van der Waals surface area contributed by atoms with Gasteiger partial charge >= 0.3 is 15.2 Å². The quantitative estimate of drug-likeness (QED) is 0.221. The van der Waals surface area contributed by atoms with Gasteiger partial charge in [-0.05, 0) is 19.3 Å². The second-order valence-corrected chi connectivity index (χ2v) is 7.11. The molecule has 0 radical (unpaired) electrons. The molecule has 17 heavy (non-hydrogen) atoms. The van der Waals surface area contributed by atoms with E-state index in [1.165, 1.54) is 0 Å². The van der Waals surface area contributed by atoms with E-state index in [2.05, 4.69) is 0 Å². The molecule has 0 atom stereocenters. The topological polar surface area (TPSA) is 167 Å². The first-order valence-electron chi connectivity index (χ1n) is 5.08. The summed E-state index contributed by atoms with van der Waals surface area (Å²) in [5.74, 6) is 0. The third-order valence-corrected chi connectivity index (χ3v) is 3.42. The van der Waals surface area contributed by atoms with Gasteiger partial charge in [0.25, 0.3) is 0 Å². The van der Waals surface area contributed by atoms with E-state index in [1.807, 2.05) is 6.92 Å². The lowest BCUT2D eigenvalue weighted by molar-refractivity contribution is 0.364. The second kappa shape index (κ2) is 9.19. The first-order chi connectivity index (χ1) is 7.48. The molecule has 0 saturated carbocycles. The largest absolute Gasteiger partial charge is 0.325 e. The van der Waals surface area contributed by atoms with Gasteiger partial charge in [-0.1, -0.05) is 6.92 Å². The number of nitrogens with two attached hydrogens (primary N) is 2. The molecule has 0 heterocycles. The van der Waals surface area contributed by atoms with Crippen molar-refractivity contribution in [1.29, 1.82) is 0 Å². The predicted molar refractivity (Wildman–Crippen MR) is 65.5 cm³/mol. The van der Waals surface area contributed by atoms with Crippen molar-refractivity contribution in [2.24, 2.45) is 11.5 Å². The minimum absolute atomic E-state index is 0.116. The molecule has 0 spiro atoms. The summed E-state index contributed by atoms with van der Waals surface area (Å²) in [7, 11) is -8.00. The van der Waals surface area contributed by atoms with Crippen LogP contribution >= 0.6 is 15.2 Å². The average Bonchev–Trinajstić information content (AvgIpc) is 2.10. The fourth-order valence-electron chi connectivity index (χ4n) is 0.636. The lowest BCUT2D eigenvalue weighted by Crippen LogP contribution is -2.28. The Balaban J connectivity index is 0. The fraction of sp³-hybridized carbons (Fsp3) is 1.00. The smallest absolute Gasteiger partial charge is 0.324 e. The highest BCUT2D eigenvalue weighted by Crippen LogP contribution is 2.38. The zero-order chi connectivity index (χ0) is 14.1. The van der Waals surface area contributed by atoms with E-state index in [0.717, 1.165) is 6.42 Å². The van der Waals surface area contributed by atoms with Crippen molar-refractivity contribution in [2.45, 2.75) is 32.4 Å². The van der Waals surface area contributed by atoms with Gasteiger partial charge in [0.1, 0.15) is 0 Å². The molecular formula is C7H22N2O6P2. The van der Waals surface area contributed by atoms with Gasteiger partial charge in [0.05, 0.1) is 6.17 Å². The maximum Gasteiger partial charge on any atom is 0.325 e. The van der Waals surface area contributed by atoms with Crippen molar-refractivity contribution >= 4 is 15.2 Å². The van der Waals surface area contributed by atoms with Crippen LogP contribution in [-0.2, 0) is 9.13 Å². The van der Waals surface area contributed by atoms with E-state index in [0.29, 0.717) is 0 Å². The molecule has 8 N–H and O–H groups in total. The van der Waals surface area contributed by atoms with Crippen LogP contribution in [0.25, 0.3) is 0 Å². The molecule has 0 aliphatic rings. The van der Waals surface area contributed by atoms with Crippen LogP contribution in [-0.4, -0.2) is 38.1 Å². The Morgan fingerprint density at radius 1 is 0.941 bits per heavy atom. The highest BCUT2D eigenvalue weighted by Gasteiger charge is 2.15. The van der Waals surface area contributed by atoms with Crippen LogP contribution in [0.15, 0.2) is 0 Å². The van der Waals surface area contributed by atoms with E-state index >= 15 is 0 Å². The predicted octanol–water partition coefficient (Wildman–Crippen LogP) is -0.238. The molecule has 106 valence electrons. The van der Waals surface area contributed by atoms with Crippen molar-refractivity contribution in [1.82, 2.24) is 0 Å². The van der Waals surface area contributed by atoms with Crippen LogP contribution in [0.2, 0.25) is 0 Å². The van der Waals surface area contributed by atoms with Crippen molar-refractivity contribution in [2.75, 3.05) is 12.3 Å². The molecule has 0 unspecified atom stereocenters. The zero-order valence-electron chi connectivity index (χ0n) is 9.77. The Morgan fingerprint density at radius 3 is 1.29 bits per heavy atom. The summed E-state index contributed by atoms with van der Waals surface area (Å²) >= 11 is 0. The van der Waals surface area contributed by atoms with E-state index in [9.17, 15) is 9.13 Å². The monoisotopic (exact) mass is 292 g/mol. The summed E-state index contributed by atoms with van der Waals surface area (Å²) < 4.78 is 20.5. The minimum atomic E-state index is -4.00. The molecule has 0 aromatic carbocycles. The maximum absolute atomic E-state index is 10.3. The molecule has 0 bridgehead atoms. The third-order valence-electron chi connectivity index (χ3n) is 1.62. The molecule has 8 nitrogen and oxygen atoms in total. The molecule has 10 heteroatoms. The van der Waals surface area contributed by atoms with Crippen molar-refractivity contribution < 1.29 is 28.7 Å². The Bertz CT molecular complexity index is 250. The molecule has 0 aliphatic carbocycles. The Morgan fingerprint density at radius 2 is 1.18 bits per heavy atom. The van der Waals surface area contributed by atoms with Gasteiger partial charge in [-0.2, -0.15) is 0 Å². The fourth-order valence-corrected chi connectivity index (χ4v) is 1.91. The van der Waals surface area contributed by atoms with Crippen LogP contribution in [0.1, 0.15) is 26.2 Å². The summed E-state index contributed by atoms with van der Waals surface area (Å²) in [6, 6.07) is 0. The number of unbranched alkanes of at least 4 members (excludes halogenated alkanes) is 1. The molecule has 0 rings (SSSR count). The minimum Gasteiger partial charge on any atom is -0.324 e. The molecular weight excluding hydrogens is 270 g/mol. The maximum atomic E-state index is 10.3. The third kappa shape index (κ3) is 26.1. The first kappa shape index (κ1) is 19.6. The van der Waals surface area contributed by atoms with Crippen LogP contribution in [0.3, 0.4) is 0 Å². The van der Waals surface area contributed by atoms with Gasteiger partial charge in [-0.25, -0.2) is 0 Å². The molecule has 0 aliphatic heterocycles. The number of rotatable bonds is 6. The molecule has 0 amide bonds. The standard InChI is InChI=1S/C4H12O6P2.C3H10N2/c5-11(6,7)3-1-2-4-12(8,9)10;1-2-3(4)5/h1-4H2,(H2,5,6,7)(H2,8,9,10);3H,2,4-5H2,1H3. The van der Waals surface area contributed by atoms with Crippen molar-refractivity contribution in [3.05, 3.63) is 0 Å². The molecule has 0 aromatic rings. The van der Waals surface area contributed by atoms with Crippen LogP contribution in [0.4, 0.5) is 0 Å². The molecule has 0 saturated heterocycles. The van der Waals surface area contributed by atoms with E-state index in [-0.39, 0.29) is 31.3 Å². The zero-order valence-corrected chi connectivity index (χ0v) is 11.6. The summed E-state index contributed by atoms with van der Waals surface area (Å²) in [5.41, 5.74) is 10.1. The Hall–Kier alpha value is 0.220. The van der Waals surface area contributed by atoms with E-state index < -0.39 is 15.2 Å². The second-order valence-electron chi connectivity index (χ2n) is 3.56.